The SMILES string of the molecule is N=C1S/C(=C\c2ccc(-c3ccc([N+](=O)[O-])cc3)o2)C(=O)N1c1nccs1. The molecule has 3 heterocycles. The van der Waals surface area contributed by atoms with Crippen molar-refractivity contribution in [2.45, 2.75) is 0 Å². The Hall–Kier alpha value is -3.24. The number of furan rings is 1. The van der Waals surface area contributed by atoms with E-state index in [9.17, 15) is 14.9 Å². The number of benzene rings is 1. The maximum Gasteiger partial charge on any atom is 0.273 e. The van der Waals surface area contributed by atoms with Crippen molar-refractivity contribution in [1.82, 2.24) is 4.98 Å². The van der Waals surface area contributed by atoms with E-state index in [0.29, 0.717) is 27.1 Å². The van der Waals surface area contributed by atoms with Crippen molar-refractivity contribution in [3.8, 4) is 11.3 Å². The number of hydrogen-bond acceptors (Lipinski definition) is 8. The number of thiazole rings is 1. The minimum Gasteiger partial charge on any atom is -0.457 e. The van der Waals surface area contributed by atoms with E-state index in [1.807, 2.05) is 0 Å². The zero-order valence-corrected chi connectivity index (χ0v) is 15.1. The number of hydrogen-bond donors (Lipinski definition) is 1. The van der Waals surface area contributed by atoms with Crippen LogP contribution in [0.4, 0.5) is 10.8 Å². The van der Waals surface area contributed by atoms with E-state index in [0.717, 1.165) is 11.8 Å². The Balaban J connectivity index is 1.58. The number of amides is 1. The van der Waals surface area contributed by atoms with Crippen LogP contribution in [0.1, 0.15) is 5.76 Å². The van der Waals surface area contributed by atoms with Crippen LogP contribution in [0.2, 0.25) is 0 Å². The molecule has 1 fully saturated rings. The molecule has 27 heavy (non-hydrogen) atoms. The first kappa shape index (κ1) is 17.2. The average Bonchev–Trinajstić information content (AvgIpc) is 3.38. The van der Waals surface area contributed by atoms with E-state index < -0.39 is 4.92 Å². The van der Waals surface area contributed by atoms with Crippen molar-refractivity contribution in [2.24, 2.45) is 0 Å². The summed E-state index contributed by atoms with van der Waals surface area (Å²) in [6.07, 6.45) is 3.15. The highest BCUT2D eigenvalue weighted by atomic mass is 32.2. The van der Waals surface area contributed by atoms with Gasteiger partial charge < -0.3 is 4.42 Å². The van der Waals surface area contributed by atoms with Crippen LogP contribution in [-0.4, -0.2) is 21.0 Å². The fourth-order valence-corrected chi connectivity index (χ4v) is 3.97. The predicted molar refractivity (Wildman–Crippen MR) is 104 cm³/mol. The molecule has 2 aromatic heterocycles. The zero-order chi connectivity index (χ0) is 19.0. The summed E-state index contributed by atoms with van der Waals surface area (Å²) in [4.78, 5) is 28.5. The quantitative estimate of drug-likeness (QED) is 0.397. The Morgan fingerprint density at radius 2 is 2.00 bits per heavy atom. The van der Waals surface area contributed by atoms with Gasteiger partial charge in [0.2, 0.25) is 0 Å². The summed E-state index contributed by atoms with van der Waals surface area (Å²) in [5, 5.41) is 21.0. The molecule has 3 aromatic rings. The predicted octanol–water partition coefficient (Wildman–Crippen LogP) is 4.37. The van der Waals surface area contributed by atoms with Crippen LogP contribution in [0.5, 0.6) is 0 Å². The molecule has 1 aromatic carbocycles. The van der Waals surface area contributed by atoms with Gasteiger partial charge in [0.25, 0.3) is 11.6 Å². The summed E-state index contributed by atoms with van der Waals surface area (Å²) in [7, 11) is 0. The lowest BCUT2D eigenvalue weighted by Gasteiger charge is -2.08. The summed E-state index contributed by atoms with van der Waals surface area (Å²) in [6, 6.07) is 9.43. The Morgan fingerprint density at radius 1 is 1.22 bits per heavy atom. The van der Waals surface area contributed by atoms with Gasteiger partial charge >= 0.3 is 0 Å². The van der Waals surface area contributed by atoms with Crippen LogP contribution in [-0.2, 0) is 4.79 Å². The summed E-state index contributed by atoms with van der Waals surface area (Å²) < 4.78 is 5.73. The molecule has 8 nitrogen and oxygen atoms in total. The van der Waals surface area contributed by atoms with E-state index >= 15 is 0 Å². The lowest BCUT2D eigenvalue weighted by atomic mass is 10.1. The molecule has 0 saturated carbocycles. The van der Waals surface area contributed by atoms with Gasteiger partial charge in [0.05, 0.1) is 9.83 Å². The van der Waals surface area contributed by atoms with Gasteiger partial charge in [-0.25, -0.2) is 9.88 Å². The van der Waals surface area contributed by atoms with Crippen LogP contribution < -0.4 is 4.90 Å². The third-order valence-corrected chi connectivity index (χ3v) is 5.34. The number of carbonyl (C=O) groups is 1. The summed E-state index contributed by atoms with van der Waals surface area (Å²) in [5.74, 6) is 0.653. The van der Waals surface area contributed by atoms with Crippen molar-refractivity contribution >= 4 is 51.1 Å². The average molecular weight is 398 g/mol. The molecule has 0 spiro atoms. The Bertz CT molecular complexity index is 1070. The fraction of sp³-hybridized carbons (Fsp3) is 0. The van der Waals surface area contributed by atoms with Crippen LogP contribution in [0.15, 0.2) is 57.3 Å². The lowest BCUT2D eigenvalue weighted by Crippen LogP contribution is -2.27. The number of rotatable bonds is 4. The van der Waals surface area contributed by atoms with Crippen molar-refractivity contribution in [2.75, 3.05) is 4.90 Å². The van der Waals surface area contributed by atoms with Crippen molar-refractivity contribution in [1.29, 1.82) is 5.41 Å². The van der Waals surface area contributed by atoms with E-state index in [1.54, 1.807) is 41.9 Å². The molecule has 1 amide bonds. The molecule has 0 atom stereocenters. The third kappa shape index (κ3) is 3.27. The molecule has 10 heteroatoms. The molecular formula is C17H10N4O4S2. The van der Waals surface area contributed by atoms with Crippen LogP contribution in [0.3, 0.4) is 0 Å². The molecule has 1 N–H and O–H groups in total. The largest absolute Gasteiger partial charge is 0.457 e. The number of carbonyl (C=O) groups excluding carboxylic acids is 1. The van der Waals surface area contributed by atoms with Gasteiger partial charge in [0.1, 0.15) is 11.5 Å². The van der Waals surface area contributed by atoms with Gasteiger partial charge in [-0.3, -0.25) is 20.3 Å². The second-order valence-corrected chi connectivity index (χ2v) is 7.28. The van der Waals surface area contributed by atoms with Gasteiger partial charge in [-0.05, 0) is 36.0 Å². The monoisotopic (exact) mass is 398 g/mol. The first-order valence-electron chi connectivity index (χ1n) is 7.59. The minimum atomic E-state index is -0.464. The Labute approximate surface area is 160 Å². The number of nitrogens with one attached hydrogen (secondary N) is 1. The maximum atomic E-state index is 12.6. The maximum absolute atomic E-state index is 12.6. The zero-order valence-electron chi connectivity index (χ0n) is 13.5. The highest BCUT2D eigenvalue weighted by Gasteiger charge is 2.35. The van der Waals surface area contributed by atoms with E-state index in [4.69, 9.17) is 9.83 Å². The van der Waals surface area contributed by atoms with E-state index in [2.05, 4.69) is 4.98 Å². The Morgan fingerprint density at radius 3 is 2.67 bits per heavy atom. The number of nitrogens with zero attached hydrogens (tertiary/aromatic N) is 3. The first-order chi connectivity index (χ1) is 13.0. The molecule has 4 rings (SSSR count). The fourth-order valence-electron chi connectivity index (χ4n) is 2.45. The van der Waals surface area contributed by atoms with Crippen molar-refractivity contribution < 1.29 is 14.1 Å². The van der Waals surface area contributed by atoms with Crippen LogP contribution >= 0.6 is 23.1 Å². The number of nitro benzene ring substituents is 1. The van der Waals surface area contributed by atoms with Gasteiger partial charge in [-0.15, -0.1) is 11.3 Å². The smallest absolute Gasteiger partial charge is 0.273 e. The number of anilines is 1. The number of aromatic nitrogens is 1. The third-order valence-electron chi connectivity index (χ3n) is 3.70. The highest BCUT2D eigenvalue weighted by molar-refractivity contribution is 8.19. The highest BCUT2D eigenvalue weighted by Crippen LogP contribution is 2.36. The molecule has 1 saturated heterocycles. The van der Waals surface area contributed by atoms with Crippen molar-refractivity contribution in [3.05, 3.63) is 68.8 Å². The summed E-state index contributed by atoms with van der Waals surface area (Å²) in [5.41, 5.74) is 0.689. The standard InChI is InChI=1S/C17H10N4O4S2/c18-16-20(17-19-7-8-26-17)15(22)14(27-16)9-12-5-6-13(25-12)10-1-3-11(4-2-10)21(23)24/h1-9,18H/b14-9-,18-16?. The first-order valence-corrected chi connectivity index (χ1v) is 9.29. The van der Waals surface area contributed by atoms with Crippen LogP contribution in [0.25, 0.3) is 17.4 Å². The summed E-state index contributed by atoms with van der Waals surface area (Å²) in [6.45, 7) is 0. The summed E-state index contributed by atoms with van der Waals surface area (Å²) >= 11 is 2.32. The number of amidine groups is 1. The molecule has 1 aliphatic heterocycles. The molecular weight excluding hydrogens is 388 g/mol. The lowest BCUT2D eigenvalue weighted by molar-refractivity contribution is -0.384. The number of nitro groups is 1. The van der Waals surface area contributed by atoms with Crippen molar-refractivity contribution in [3.63, 3.8) is 0 Å². The number of thioether (sulfide) groups is 1. The van der Waals surface area contributed by atoms with E-state index in [1.165, 1.54) is 28.4 Å². The number of non-ortho nitro benzene ring substituents is 1. The molecule has 0 aliphatic carbocycles. The van der Waals surface area contributed by atoms with Gasteiger partial charge in [0.15, 0.2) is 10.3 Å². The van der Waals surface area contributed by atoms with Gasteiger partial charge in [-0.2, -0.15) is 0 Å². The molecule has 1 aliphatic rings. The Kier molecular flexibility index (Phi) is 4.34. The van der Waals surface area contributed by atoms with E-state index in [-0.39, 0.29) is 16.8 Å². The molecule has 0 bridgehead atoms. The normalized spacial score (nSPS) is 15.7. The minimum absolute atomic E-state index is 0.00129. The van der Waals surface area contributed by atoms with Gasteiger partial charge in [-0.1, -0.05) is 0 Å². The second kappa shape index (κ2) is 6.82. The molecule has 134 valence electrons. The van der Waals surface area contributed by atoms with Gasteiger partial charge in [0, 0.05) is 35.3 Å². The molecule has 0 unspecified atom stereocenters. The second-order valence-electron chi connectivity index (χ2n) is 5.38. The topological polar surface area (TPSA) is 113 Å². The molecule has 0 radical (unpaired) electrons. The van der Waals surface area contributed by atoms with Crippen LogP contribution in [0, 0.1) is 15.5 Å².